The fraction of sp³-hybridized carbons (Fsp3) is 0.615. The largest absolute Gasteiger partial charge is 0.358 e. The summed E-state index contributed by atoms with van der Waals surface area (Å²) in [5.74, 6) is 1.05. The van der Waals surface area contributed by atoms with E-state index in [4.69, 9.17) is 0 Å². The number of rotatable bonds is 6. The van der Waals surface area contributed by atoms with Crippen molar-refractivity contribution >= 4 is 5.82 Å². The van der Waals surface area contributed by atoms with Gasteiger partial charge in [-0.05, 0) is 39.7 Å². The number of aromatic nitrogens is 1. The lowest BCUT2D eigenvalue weighted by molar-refractivity contribution is 0.416. The summed E-state index contributed by atoms with van der Waals surface area (Å²) >= 11 is 0. The summed E-state index contributed by atoms with van der Waals surface area (Å²) in [6.07, 6.45) is 0. The lowest BCUT2D eigenvalue weighted by Crippen LogP contribution is -2.29. The SMILES string of the molecule is CNCc1ccc(N(C)CCN(C)C)nc1C. The Hall–Kier alpha value is -1.13. The molecule has 0 amide bonds. The number of hydrogen-bond acceptors (Lipinski definition) is 4. The lowest BCUT2D eigenvalue weighted by atomic mass is 10.2. The smallest absolute Gasteiger partial charge is 0.128 e. The molecule has 0 aliphatic heterocycles. The van der Waals surface area contributed by atoms with Gasteiger partial charge in [-0.2, -0.15) is 0 Å². The van der Waals surface area contributed by atoms with E-state index in [0.29, 0.717) is 0 Å². The minimum atomic E-state index is 0.876. The molecule has 0 fully saturated rings. The molecular weight excluding hydrogens is 212 g/mol. The highest BCUT2D eigenvalue weighted by Gasteiger charge is 2.05. The number of anilines is 1. The van der Waals surface area contributed by atoms with Crippen LogP contribution in [-0.4, -0.2) is 51.2 Å². The quantitative estimate of drug-likeness (QED) is 0.801. The van der Waals surface area contributed by atoms with Gasteiger partial charge in [-0.25, -0.2) is 4.98 Å². The normalized spacial score (nSPS) is 10.9. The van der Waals surface area contributed by atoms with Gasteiger partial charge in [0, 0.05) is 32.4 Å². The van der Waals surface area contributed by atoms with E-state index in [-0.39, 0.29) is 0 Å². The topological polar surface area (TPSA) is 31.4 Å². The summed E-state index contributed by atoms with van der Waals surface area (Å²) in [5, 5.41) is 3.15. The second kappa shape index (κ2) is 6.57. The van der Waals surface area contributed by atoms with Crippen molar-refractivity contribution in [1.29, 1.82) is 0 Å². The van der Waals surface area contributed by atoms with Crippen LogP contribution >= 0.6 is 0 Å². The average molecular weight is 236 g/mol. The van der Waals surface area contributed by atoms with E-state index in [0.717, 1.165) is 31.1 Å². The van der Waals surface area contributed by atoms with Gasteiger partial charge in [-0.3, -0.25) is 0 Å². The van der Waals surface area contributed by atoms with E-state index in [2.05, 4.69) is 60.3 Å². The first kappa shape index (κ1) is 13.9. The van der Waals surface area contributed by atoms with Crippen LogP contribution in [0.25, 0.3) is 0 Å². The lowest BCUT2D eigenvalue weighted by Gasteiger charge is -2.21. The fourth-order valence-electron chi connectivity index (χ4n) is 1.63. The van der Waals surface area contributed by atoms with Gasteiger partial charge in [-0.1, -0.05) is 6.07 Å². The van der Waals surface area contributed by atoms with Crippen molar-refractivity contribution in [2.75, 3.05) is 46.2 Å². The summed E-state index contributed by atoms with van der Waals surface area (Å²) in [6, 6.07) is 4.25. The zero-order chi connectivity index (χ0) is 12.8. The van der Waals surface area contributed by atoms with Crippen LogP contribution in [0.5, 0.6) is 0 Å². The van der Waals surface area contributed by atoms with Crippen molar-refractivity contribution in [3.63, 3.8) is 0 Å². The molecule has 0 aliphatic carbocycles. The monoisotopic (exact) mass is 236 g/mol. The van der Waals surface area contributed by atoms with Crippen molar-refractivity contribution in [3.8, 4) is 0 Å². The highest BCUT2D eigenvalue weighted by molar-refractivity contribution is 5.40. The minimum absolute atomic E-state index is 0.876. The molecule has 1 N–H and O–H groups in total. The standard InChI is InChI=1S/C13H24N4/c1-11-12(10-14-2)6-7-13(15-11)17(5)9-8-16(3)4/h6-7,14H,8-10H2,1-5H3. The molecule has 1 heterocycles. The van der Waals surface area contributed by atoms with E-state index in [1.807, 2.05) is 7.05 Å². The molecule has 0 saturated heterocycles. The molecule has 96 valence electrons. The molecule has 0 aromatic carbocycles. The van der Waals surface area contributed by atoms with Crippen LogP contribution in [-0.2, 0) is 6.54 Å². The third kappa shape index (κ3) is 4.32. The van der Waals surface area contributed by atoms with E-state index in [9.17, 15) is 0 Å². The molecule has 0 unspecified atom stereocenters. The van der Waals surface area contributed by atoms with Crippen molar-refractivity contribution in [2.45, 2.75) is 13.5 Å². The van der Waals surface area contributed by atoms with Crippen molar-refractivity contribution < 1.29 is 0 Å². The van der Waals surface area contributed by atoms with Crippen LogP contribution in [0.2, 0.25) is 0 Å². The van der Waals surface area contributed by atoms with Crippen LogP contribution < -0.4 is 10.2 Å². The van der Waals surface area contributed by atoms with Gasteiger partial charge in [0.25, 0.3) is 0 Å². The Bertz CT molecular complexity index is 349. The zero-order valence-electron chi connectivity index (χ0n) is 11.6. The summed E-state index contributed by atoms with van der Waals surface area (Å²) < 4.78 is 0. The van der Waals surface area contributed by atoms with Crippen LogP contribution in [0.4, 0.5) is 5.82 Å². The first-order valence-electron chi connectivity index (χ1n) is 6.01. The molecule has 0 saturated carbocycles. The Morgan fingerprint density at radius 1 is 1.18 bits per heavy atom. The summed E-state index contributed by atoms with van der Waals surface area (Å²) in [6.45, 7) is 4.97. The highest BCUT2D eigenvalue weighted by Crippen LogP contribution is 2.13. The molecule has 0 radical (unpaired) electrons. The third-order valence-corrected chi connectivity index (χ3v) is 2.82. The zero-order valence-corrected chi connectivity index (χ0v) is 11.6. The second-order valence-corrected chi connectivity index (χ2v) is 4.67. The summed E-state index contributed by atoms with van der Waals surface area (Å²) in [5.41, 5.74) is 2.37. The average Bonchev–Trinajstić information content (AvgIpc) is 2.28. The summed E-state index contributed by atoms with van der Waals surface area (Å²) in [4.78, 5) is 9.01. The number of pyridine rings is 1. The molecule has 17 heavy (non-hydrogen) atoms. The molecule has 0 spiro atoms. The van der Waals surface area contributed by atoms with Gasteiger partial charge < -0.3 is 15.1 Å². The Balaban J connectivity index is 2.68. The first-order valence-corrected chi connectivity index (χ1v) is 6.01. The number of aryl methyl sites for hydroxylation is 1. The van der Waals surface area contributed by atoms with Gasteiger partial charge in [-0.15, -0.1) is 0 Å². The Labute approximate surface area is 105 Å². The van der Waals surface area contributed by atoms with Gasteiger partial charge in [0.05, 0.1) is 0 Å². The molecule has 0 bridgehead atoms. The number of nitrogens with one attached hydrogen (secondary N) is 1. The molecule has 4 heteroatoms. The second-order valence-electron chi connectivity index (χ2n) is 4.67. The number of nitrogens with zero attached hydrogens (tertiary/aromatic N) is 3. The molecule has 0 aliphatic rings. The van der Waals surface area contributed by atoms with Crippen LogP contribution in [0, 0.1) is 6.92 Å². The third-order valence-electron chi connectivity index (χ3n) is 2.82. The Kier molecular flexibility index (Phi) is 5.38. The van der Waals surface area contributed by atoms with Crippen LogP contribution in [0.15, 0.2) is 12.1 Å². The Morgan fingerprint density at radius 2 is 1.88 bits per heavy atom. The van der Waals surface area contributed by atoms with E-state index in [1.165, 1.54) is 5.56 Å². The van der Waals surface area contributed by atoms with E-state index < -0.39 is 0 Å². The highest BCUT2D eigenvalue weighted by atomic mass is 15.2. The Morgan fingerprint density at radius 3 is 2.41 bits per heavy atom. The molecular formula is C13H24N4. The molecule has 1 rings (SSSR count). The van der Waals surface area contributed by atoms with Crippen molar-refractivity contribution in [2.24, 2.45) is 0 Å². The van der Waals surface area contributed by atoms with Gasteiger partial charge in [0.1, 0.15) is 5.82 Å². The maximum Gasteiger partial charge on any atom is 0.128 e. The van der Waals surface area contributed by atoms with Gasteiger partial charge >= 0.3 is 0 Å². The first-order chi connectivity index (χ1) is 8.04. The van der Waals surface area contributed by atoms with Crippen LogP contribution in [0.1, 0.15) is 11.3 Å². The predicted molar refractivity (Wildman–Crippen MR) is 73.6 cm³/mol. The molecule has 1 aromatic rings. The maximum absolute atomic E-state index is 4.64. The van der Waals surface area contributed by atoms with Gasteiger partial charge in [0.2, 0.25) is 0 Å². The predicted octanol–water partition coefficient (Wildman–Crippen LogP) is 1.11. The summed E-state index contributed by atoms with van der Waals surface area (Å²) in [7, 11) is 8.21. The minimum Gasteiger partial charge on any atom is -0.358 e. The van der Waals surface area contributed by atoms with E-state index in [1.54, 1.807) is 0 Å². The molecule has 1 aromatic heterocycles. The van der Waals surface area contributed by atoms with E-state index >= 15 is 0 Å². The maximum atomic E-state index is 4.64. The number of likely N-dealkylation sites (N-methyl/N-ethyl adjacent to an activating group) is 2. The van der Waals surface area contributed by atoms with Gasteiger partial charge in [0.15, 0.2) is 0 Å². The molecule has 0 atom stereocenters. The van der Waals surface area contributed by atoms with Crippen LogP contribution in [0.3, 0.4) is 0 Å². The number of hydrogen-bond donors (Lipinski definition) is 1. The van der Waals surface area contributed by atoms with Crippen molar-refractivity contribution in [1.82, 2.24) is 15.2 Å². The molecule has 4 nitrogen and oxygen atoms in total. The van der Waals surface area contributed by atoms with Crippen molar-refractivity contribution in [3.05, 3.63) is 23.4 Å². The fourth-order valence-corrected chi connectivity index (χ4v) is 1.63.